The zero-order chi connectivity index (χ0) is 21.8. The number of amides is 1. The molecule has 12 heteroatoms. The first kappa shape index (κ1) is 23.2. The average Bonchev–Trinajstić information content (AvgIpc) is 3.03. The summed E-state index contributed by atoms with van der Waals surface area (Å²) in [6.45, 7) is 4.09. The van der Waals surface area contributed by atoms with E-state index < -0.39 is 12.1 Å². The molecule has 0 radical (unpaired) electrons. The zero-order valence-electron chi connectivity index (χ0n) is 16.3. The van der Waals surface area contributed by atoms with Crippen LogP contribution in [-0.2, 0) is 14.3 Å². The predicted octanol–water partition coefficient (Wildman–Crippen LogP) is 1.59. The molecule has 0 bridgehead atoms. The van der Waals surface area contributed by atoms with Gasteiger partial charge in [-0.3, -0.25) is 4.79 Å². The van der Waals surface area contributed by atoms with Crippen LogP contribution in [0.15, 0.2) is 12.1 Å². The van der Waals surface area contributed by atoms with Crippen LogP contribution in [0.4, 0.5) is 19.0 Å². The van der Waals surface area contributed by atoms with Crippen molar-refractivity contribution in [2.24, 2.45) is 0 Å². The van der Waals surface area contributed by atoms with E-state index >= 15 is 0 Å². The lowest BCUT2D eigenvalue weighted by Crippen LogP contribution is -2.59. The maximum Gasteiger partial charge on any atom is 0.490 e. The molecule has 1 N–H and O–H groups in total. The Morgan fingerprint density at radius 3 is 2.45 bits per heavy atom. The Hall–Kier alpha value is -2.08. The van der Waals surface area contributed by atoms with E-state index in [0.717, 1.165) is 36.8 Å². The van der Waals surface area contributed by atoms with Gasteiger partial charge in [0.25, 0.3) is 0 Å². The zero-order valence-corrected chi connectivity index (χ0v) is 17.1. The van der Waals surface area contributed by atoms with E-state index in [9.17, 15) is 18.0 Å². The van der Waals surface area contributed by atoms with Crippen LogP contribution in [0.25, 0.3) is 0 Å². The van der Waals surface area contributed by atoms with Crippen molar-refractivity contribution >= 4 is 29.5 Å². The molecule has 2 fully saturated rings. The summed E-state index contributed by atoms with van der Waals surface area (Å²) in [5.74, 6) is -0.818. The lowest BCUT2D eigenvalue weighted by molar-refractivity contribution is -0.192. The highest BCUT2D eigenvalue weighted by molar-refractivity contribution is 8.01. The third kappa shape index (κ3) is 6.46. The fourth-order valence-corrected chi connectivity index (χ4v) is 4.37. The minimum atomic E-state index is -5.08. The van der Waals surface area contributed by atoms with E-state index in [-0.39, 0.29) is 23.4 Å². The minimum Gasteiger partial charge on any atom is -0.475 e. The maximum absolute atomic E-state index is 11.6. The number of halogens is 3. The molecular formula is C17H23F3N4O4S. The minimum absolute atomic E-state index is 0.0242. The number of carboxylic acids is 1. The molecule has 3 heterocycles. The number of carboxylic acid groups (broad SMARTS) is 1. The first-order valence-corrected chi connectivity index (χ1v) is 9.71. The second-order valence-corrected chi connectivity index (χ2v) is 8.60. The van der Waals surface area contributed by atoms with Crippen molar-refractivity contribution in [2.75, 3.05) is 44.4 Å². The van der Waals surface area contributed by atoms with Gasteiger partial charge >= 0.3 is 12.1 Å². The molecule has 29 heavy (non-hydrogen) atoms. The fourth-order valence-electron chi connectivity index (χ4n) is 2.82. The number of carbonyl (C=O) groups excluding carboxylic acids is 1. The Morgan fingerprint density at radius 2 is 1.97 bits per heavy atom. The average molecular weight is 436 g/mol. The molecule has 0 aromatic carbocycles. The number of alkyl halides is 3. The van der Waals surface area contributed by atoms with Gasteiger partial charge in [-0.25, -0.2) is 4.79 Å². The maximum atomic E-state index is 11.6. The summed E-state index contributed by atoms with van der Waals surface area (Å²) in [5, 5.41) is 15.5. The molecule has 2 aliphatic rings. The van der Waals surface area contributed by atoms with Crippen LogP contribution in [-0.4, -0.2) is 88.7 Å². The van der Waals surface area contributed by atoms with Crippen molar-refractivity contribution in [3.63, 3.8) is 0 Å². The summed E-state index contributed by atoms with van der Waals surface area (Å²) in [6, 6.07) is 4.02. The molecule has 1 amide bonds. The second kappa shape index (κ2) is 9.16. The number of hydrogen-bond donors (Lipinski definition) is 1. The lowest BCUT2D eigenvalue weighted by atomic mass is 9.93. The van der Waals surface area contributed by atoms with E-state index in [1.54, 1.807) is 19.0 Å². The summed E-state index contributed by atoms with van der Waals surface area (Å²) in [7, 11) is 3.51. The molecule has 2 saturated heterocycles. The van der Waals surface area contributed by atoms with Gasteiger partial charge in [-0.2, -0.15) is 18.3 Å². The van der Waals surface area contributed by atoms with Gasteiger partial charge in [0.15, 0.2) is 5.82 Å². The Morgan fingerprint density at radius 1 is 1.34 bits per heavy atom. The van der Waals surface area contributed by atoms with Crippen molar-refractivity contribution in [3.8, 4) is 0 Å². The predicted molar refractivity (Wildman–Crippen MR) is 101 cm³/mol. The van der Waals surface area contributed by atoms with Crippen LogP contribution in [0.3, 0.4) is 0 Å². The number of likely N-dealkylation sites (N-methyl/N-ethyl adjacent to an activating group) is 1. The van der Waals surface area contributed by atoms with Gasteiger partial charge in [0.05, 0.1) is 16.5 Å². The van der Waals surface area contributed by atoms with Gasteiger partial charge in [-0.1, -0.05) is 0 Å². The topological polar surface area (TPSA) is 95.9 Å². The number of aliphatic carboxylic acids is 1. The third-order valence-corrected chi connectivity index (χ3v) is 6.00. The summed E-state index contributed by atoms with van der Waals surface area (Å²) >= 11 is 1.96. The normalized spacial score (nSPS) is 19.9. The first-order valence-electron chi connectivity index (χ1n) is 8.73. The lowest BCUT2D eigenvalue weighted by Gasteiger charge is -2.48. The van der Waals surface area contributed by atoms with Gasteiger partial charge in [0.2, 0.25) is 5.91 Å². The molecule has 1 aromatic rings. The van der Waals surface area contributed by atoms with Crippen LogP contribution in [0, 0.1) is 6.92 Å². The Balaban J connectivity index is 0.000000370. The number of nitrogens with zero attached hydrogens (tertiary/aromatic N) is 4. The molecule has 0 saturated carbocycles. The molecule has 1 spiro atoms. The number of rotatable bonds is 4. The van der Waals surface area contributed by atoms with Gasteiger partial charge in [-0.05, 0) is 25.5 Å². The Kier molecular flexibility index (Phi) is 7.33. The molecule has 8 nitrogen and oxygen atoms in total. The quantitative estimate of drug-likeness (QED) is 0.760. The summed E-state index contributed by atoms with van der Waals surface area (Å²) in [6.07, 6.45) is -3.89. The highest BCUT2D eigenvalue weighted by Gasteiger charge is 2.50. The van der Waals surface area contributed by atoms with Gasteiger partial charge in [0.1, 0.15) is 6.61 Å². The number of anilines is 1. The number of carbonyl (C=O) groups is 2. The monoisotopic (exact) mass is 436 g/mol. The molecule has 1 unspecified atom stereocenters. The van der Waals surface area contributed by atoms with Gasteiger partial charge in [0, 0.05) is 32.9 Å². The summed E-state index contributed by atoms with van der Waals surface area (Å²) in [5.41, 5.74) is 0.938. The molecule has 162 valence electrons. The van der Waals surface area contributed by atoms with Crippen LogP contribution in [0.2, 0.25) is 0 Å². The molecular weight excluding hydrogens is 413 g/mol. The van der Waals surface area contributed by atoms with E-state index in [1.807, 2.05) is 30.8 Å². The summed E-state index contributed by atoms with van der Waals surface area (Å²) in [4.78, 5) is 24.3. The largest absolute Gasteiger partial charge is 0.490 e. The summed E-state index contributed by atoms with van der Waals surface area (Å²) < 4.78 is 37.8. The van der Waals surface area contributed by atoms with Crippen LogP contribution in [0.5, 0.6) is 0 Å². The van der Waals surface area contributed by atoms with E-state index in [2.05, 4.69) is 15.1 Å². The fraction of sp³-hybridized carbons (Fsp3) is 0.647. The van der Waals surface area contributed by atoms with Gasteiger partial charge < -0.3 is 19.6 Å². The highest BCUT2D eigenvalue weighted by atomic mass is 32.2. The van der Waals surface area contributed by atoms with Crippen molar-refractivity contribution in [1.29, 1.82) is 0 Å². The number of aryl methyl sites for hydroxylation is 1. The van der Waals surface area contributed by atoms with E-state index in [4.69, 9.17) is 14.6 Å². The van der Waals surface area contributed by atoms with E-state index in [0.29, 0.717) is 0 Å². The van der Waals surface area contributed by atoms with Crippen LogP contribution >= 0.6 is 11.8 Å². The van der Waals surface area contributed by atoms with Crippen LogP contribution in [0.1, 0.15) is 12.1 Å². The smallest absolute Gasteiger partial charge is 0.475 e. The Labute approximate surface area is 170 Å². The van der Waals surface area contributed by atoms with Crippen molar-refractivity contribution < 1.29 is 32.6 Å². The highest BCUT2D eigenvalue weighted by Crippen LogP contribution is 2.46. The number of ether oxygens (including phenoxy) is 1. The van der Waals surface area contributed by atoms with Crippen molar-refractivity contribution in [2.45, 2.75) is 30.4 Å². The Bertz CT molecular complexity index is 724. The second-order valence-electron chi connectivity index (χ2n) is 7.11. The molecule has 3 rings (SSSR count). The number of hydrogen-bond acceptors (Lipinski definition) is 7. The van der Waals surface area contributed by atoms with Crippen molar-refractivity contribution in [1.82, 2.24) is 15.1 Å². The SMILES string of the molecule is Cc1ccc(N2CC3(CC(OCC(=O)N(C)C)CS3)C2)nn1.O=C(O)C(F)(F)F. The molecule has 2 aliphatic heterocycles. The molecule has 1 atom stereocenters. The first-order chi connectivity index (χ1) is 13.4. The number of aromatic nitrogens is 2. The molecule has 0 aliphatic carbocycles. The number of thioether (sulfide) groups is 1. The molecule has 1 aromatic heterocycles. The van der Waals surface area contributed by atoms with Crippen LogP contribution < -0.4 is 4.90 Å². The standard InChI is InChI=1S/C15H22N4O2S.C2HF3O2/c1-11-4-5-13(17-16-11)19-9-15(10-19)6-12(8-22-15)21-7-14(20)18(2)3;3-2(4,5)1(6)7/h4-5,12H,6-10H2,1-3H3;(H,6,7). The van der Waals surface area contributed by atoms with E-state index in [1.165, 1.54) is 0 Å². The third-order valence-electron chi connectivity index (χ3n) is 4.42. The van der Waals surface area contributed by atoms with Crippen molar-refractivity contribution in [3.05, 3.63) is 17.8 Å². The van der Waals surface area contributed by atoms with Gasteiger partial charge in [-0.15, -0.1) is 16.9 Å².